The molecule has 0 saturated heterocycles. The summed E-state index contributed by atoms with van der Waals surface area (Å²) in [6.45, 7) is 3.46. The van der Waals surface area contributed by atoms with Gasteiger partial charge in [-0.05, 0) is 32.0 Å². The second kappa shape index (κ2) is 5.51. The highest BCUT2D eigenvalue weighted by Gasteiger charge is 2.35. The van der Waals surface area contributed by atoms with Crippen molar-refractivity contribution in [3.63, 3.8) is 0 Å². The lowest BCUT2D eigenvalue weighted by molar-refractivity contribution is -0.137. The van der Waals surface area contributed by atoms with E-state index in [1.165, 1.54) is 6.07 Å². The van der Waals surface area contributed by atoms with Crippen LogP contribution in [-0.4, -0.2) is 16.1 Å². The van der Waals surface area contributed by atoms with Gasteiger partial charge >= 0.3 is 6.18 Å². The Morgan fingerprint density at radius 3 is 2.52 bits per heavy atom. The van der Waals surface area contributed by atoms with Gasteiger partial charge in [-0.2, -0.15) is 18.3 Å². The molecule has 2 N–H and O–H groups in total. The zero-order chi connectivity index (χ0) is 15.8. The molecular formula is C13H11BrF3N3O. The van der Waals surface area contributed by atoms with Gasteiger partial charge in [-0.1, -0.05) is 15.9 Å². The highest BCUT2D eigenvalue weighted by Crippen LogP contribution is 2.34. The number of carbonyl (C=O) groups is 1. The molecule has 112 valence electrons. The van der Waals surface area contributed by atoms with E-state index < -0.39 is 23.2 Å². The Balaban J connectivity index is 2.38. The van der Waals surface area contributed by atoms with E-state index in [1.807, 2.05) is 0 Å². The molecule has 21 heavy (non-hydrogen) atoms. The third-order valence-electron chi connectivity index (χ3n) is 3.02. The van der Waals surface area contributed by atoms with E-state index in [-0.39, 0.29) is 10.3 Å². The van der Waals surface area contributed by atoms with Gasteiger partial charge < -0.3 is 5.32 Å². The first kappa shape index (κ1) is 15.6. The second-order valence-electron chi connectivity index (χ2n) is 4.46. The lowest BCUT2D eigenvalue weighted by Gasteiger charge is -2.13. The third kappa shape index (κ3) is 3.26. The van der Waals surface area contributed by atoms with Crippen molar-refractivity contribution < 1.29 is 18.0 Å². The van der Waals surface area contributed by atoms with Gasteiger partial charge in [-0.15, -0.1) is 0 Å². The Morgan fingerprint density at radius 2 is 2.00 bits per heavy atom. The van der Waals surface area contributed by atoms with Crippen molar-refractivity contribution in [3.05, 3.63) is 45.1 Å². The average Bonchev–Trinajstić information content (AvgIpc) is 2.69. The molecule has 1 aromatic heterocycles. The number of aromatic amines is 1. The van der Waals surface area contributed by atoms with Gasteiger partial charge in [0.15, 0.2) is 5.82 Å². The van der Waals surface area contributed by atoms with Crippen LogP contribution in [0.25, 0.3) is 0 Å². The van der Waals surface area contributed by atoms with E-state index in [2.05, 4.69) is 31.4 Å². The molecule has 0 aliphatic heterocycles. The summed E-state index contributed by atoms with van der Waals surface area (Å²) in [5.41, 5.74) is -0.0452. The maximum absolute atomic E-state index is 13.0. The van der Waals surface area contributed by atoms with E-state index in [9.17, 15) is 18.0 Å². The van der Waals surface area contributed by atoms with Gasteiger partial charge in [0.05, 0.1) is 11.1 Å². The summed E-state index contributed by atoms with van der Waals surface area (Å²) in [5.74, 6) is -0.641. The van der Waals surface area contributed by atoms with E-state index in [4.69, 9.17) is 0 Å². The predicted molar refractivity (Wildman–Crippen MR) is 75.2 cm³/mol. The number of rotatable bonds is 2. The van der Waals surface area contributed by atoms with Gasteiger partial charge in [0.2, 0.25) is 0 Å². The minimum Gasteiger partial charge on any atom is -0.305 e. The zero-order valence-electron chi connectivity index (χ0n) is 11.1. The van der Waals surface area contributed by atoms with Crippen molar-refractivity contribution in [2.75, 3.05) is 5.32 Å². The molecule has 0 spiro atoms. The molecule has 0 saturated carbocycles. The maximum atomic E-state index is 13.0. The number of H-pyrrole nitrogens is 1. The summed E-state index contributed by atoms with van der Waals surface area (Å²) in [5, 5.41) is 8.88. The Kier molecular flexibility index (Phi) is 4.08. The van der Waals surface area contributed by atoms with E-state index in [0.29, 0.717) is 5.56 Å². The standard InChI is InChI=1S/C13H11BrF3N3O/c1-6-7(2)19-20-11(6)18-12(21)9-4-3-8(14)5-10(9)13(15,16)17/h3-5H,1-2H3,(H2,18,19,20,21). The number of halogens is 4. The van der Waals surface area contributed by atoms with E-state index >= 15 is 0 Å². The van der Waals surface area contributed by atoms with E-state index in [0.717, 1.165) is 17.8 Å². The van der Waals surface area contributed by atoms with Crippen LogP contribution in [0.4, 0.5) is 19.0 Å². The number of nitrogens with zero attached hydrogens (tertiary/aromatic N) is 1. The third-order valence-corrected chi connectivity index (χ3v) is 3.51. The molecule has 0 aliphatic rings. The van der Waals surface area contributed by atoms with Crippen LogP contribution in [0.2, 0.25) is 0 Å². The van der Waals surface area contributed by atoms with Crippen LogP contribution in [0.1, 0.15) is 27.2 Å². The number of hydrogen-bond acceptors (Lipinski definition) is 2. The minimum atomic E-state index is -4.62. The summed E-state index contributed by atoms with van der Waals surface area (Å²) in [7, 11) is 0. The van der Waals surface area contributed by atoms with Gasteiger partial charge in [-0.3, -0.25) is 9.89 Å². The number of benzene rings is 1. The molecule has 2 aromatic rings. The molecule has 0 atom stereocenters. The topological polar surface area (TPSA) is 57.8 Å². The number of carbonyl (C=O) groups excluding carboxylic acids is 1. The van der Waals surface area contributed by atoms with Crippen LogP contribution >= 0.6 is 15.9 Å². The molecule has 1 aromatic carbocycles. The molecule has 8 heteroatoms. The molecule has 0 bridgehead atoms. The van der Waals surface area contributed by atoms with Crippen LogP contribution in [0.3, 0.4) is 0 Å². The summed E-state index contributed by atoms with van der Waals surface area (Å²) >= 11 is 2.97. The number of alkyl halides is 3. The normalized spacial score (nSPS) is 11.5. The lowest BCUT2D eigenvalue weighted by atomic mass is 10.1. The first-order valence-electron chi connectivity index (χ1n) is 5.90. The van der Waals surface area contributed by atoms with E-state index in [1.54, 1.807) is 13.8 Å². The van der Waals surface area contributed by atoms with Crippen LogP contribution in [0, 0.1) is 13.8 Å². The van der Waals surface area contributed by atoms with Crippen molar-refractivity contribution in [2.24, 2.45) is 0 Å². The Bertz CT molecular complexity index is 694. The van der Waals surface area contributed by atoms with Crippen molar-refractivity contribution >= 4 is 27.7 Å². The van der Waals surface area contributed by atoms with Gasteiger partial charge in [0.1, 0.15) is 0 Å². The van der Waals surface area contributed by atoms with Crippen LogP contribution in [-0.2, 0) is 6.18 Å². The lowest BCUT2D eigenvalue weighted by Crippen LogP contribution is -2.19. The fourth-order valence-electron chi connectivity index (χ4n) is 1.73. The molecule has 2 rings (SSSR count). The molecule has 4 nitrogen and oxygen atoms in total. The first-order valence-corrected chi connectivity index (χ1v) is 6.69. The summed E-state index contributed by atoms with van der Waals surface area (Å²) in [6, 6.07) is 3.38. The number of amides is 1. The molecular weight excluding hydrogens is 351 g/mol. The molecule has 1 amide bonds. The second-order valence-corrected chi connectivity index (χ2v) is 5.38. The minimum absolute atomic E-state index is 0.216. The van der Waals surface area contributed by atoms with Crippen molar-refractivity contribution in [1.82, 2.24) is 10.2 Å². The fraction of sp³-hybridized carbons (Fsp3) is 0.231. The van der Waals surface area contributed by atoms with Crippen LogP contribution < -0.4 is 5.32 Å². The monoisotopic (exact) mass is 361 g/mol. The molecule has 0 unspecified atom stereocenters. The molecule has 0 radical (unpaired) electrons. The Labute approximate surface area is 126 Å². The van der Waals surface area contributed by atoms with Crippen molar-refractivity contribution in [3.8, 4) is 0 Å². The zero-order valence-corrected chi connectivity index (χ0v) is 12.7. The number of aromatic nitrogens is 2. The first-order chi connectivity index (χ1) is 9.70. The van der Waals surface area contributed by atoms with Crippen molar-refractivity contribution in [1.29, 1.82) is 0 Å². The Morgan fingerprint density at radius 1 is 1.33 bits per heavy atom. The Hall–Kier alpha value is -1.83. The SMILES string of the molecule is Cc1[nH]nc(NC(=O)c2ccc(Br)cc2C(F)(F)F)c1C. The summed E-state index contributed by atoms with van der Waals surface area (Å²) in [4.78, 5) is 12.1. The summed E-state index contributed by atoms with van der Waals surface area (Å²) in [6.07, 6.45) is -4.62. The largest absolute Gasteiger partial charge is 0.417 e. The van der Waals surface area contributed by atoms with Crippen LogP contribution in [0.5, 0.6) is 0 Å². The van der Waals surface area contributed by atoms with Gasteiger partial charge in [0, 0.05) is 15.7 Å². The van der Waals surface area contributed by atoms with Crippen molar-refractivity contribution in [2.45, 2.75) is 20.0 Å². The van der Waals surface area contributed by atoms with Gasteiger partial charge in [0.25, 0.3) is 5.91 Å². The highest BCUT2D eigenvalue weighted by atomic mass is 79.9. The number of hydrogen-bond donors (Lipinski definition) is 2. The summed E-state index contributed by atoms with van der Waals surface area (Å²) < 4.78 is 39.2. The smallest absolute Gasteiger partial charge is 0.305 e. The average molecular weight is 362 g/mol. The van der Waals surface area contributed by atoms with Gasteiger partial charge in [-0.25, -0.2) is 0 Å². The number of aryl methyl sites for hydroxylation is 1. The molecule has 1 heterocycles. The quantitative estimate of drug-likeness (QED) is 0.847. The number of nitrogens with one attached hydrogen (secondary N) is 2. The molecule has 0 fully saturated rings. The molecule has 0 aliphatic carbocycles. The number of anilines is 1. The highest BCUT2D eigenvalue weighted by molar-refractivity contribution is 9.10. The predicted octanol–water partition coefficient (Wildman–Crippen LogP) is 4.06. The fourth-order valence-corrected chi connectivity index (χ4v) is 2.09. The maximum Gasteiger partial charge on any atom is 0.417 e. The van der Waals surface area contributed by atoms with Crippen LogP contribution in [0.15, 0.2) is 22.7 Å².